The van der Waals surface area contributed by atoms with Gasteiger partial charge in [0.25, 0.3) is 11.8 Å². The Kier molecular flexibility index (Phi) is 7.72. The van der Waals surface area contributed by atoms with Gasteiger partial charge in [-0.05, 0) is 39.5 Å². The van der Waals surface area contributed by atoms with Gasteiger partial charge in [0.05, 0.1) is 6.54 Å². The van der Waals surface area contributed by atoms with Gasteiger partial charge in [0.2, 0.25) is 0 Å². The summed E-state index contributed by atoms with van der Waals surface area (Å²) in [6.45, 7) is 9.82. The number of rotatable bonds is 7. The molecule has 0 spiro atoms. The van der Waals surface area contributed by atoms with Crippen molar-refractivity contribution in [3.63, 3.8) is 0 Å². The summed E-state index contributed by atoms with van der Waals surface area (Å²) in [7, 11) is 0. The van der Waals surface area contributed by atoms with E-state index in [1.807, 2.05) is 20.8 Å². The third-order valence-corrected chi connectivity index (χ3v) is 4.66. The molecule has 0 saturated heterocycles. The molecule has 122 valence electrons. The van der Waals surface area contributed by atoms with Gasteiger partial charge in [0.1, 0.15) is 0 Å². The number of hydrogen-bond acceptors (Lipinski definition) is 2. The summed E-state index contributed by atoms with van der Waals surface area (Å²) in [5, 5.41) is 6.00. The zero-order chi connectivity index (χ0) is 15.8. The second-order valence-corrected chi connectivity index (χ2v) is 6.24. The summed E-state index contributed by atoms with van der Waals surface area (Å²) in [4.78, 5) is 25.2. The first-order valence-electron chi connectivity index (χ1n) is 8.41. The molecule has 0 aromatic heterocycles. The predicted octanol–water partition coefficient (Wildman–Crippen LogP) is 0.111. The van der Waals surface area contributed by atoms with Crippen molar-refractivity contribution in [2.75, 3.05) is 19.6 Å². The number of amides is 2. The van der Waals surface area contributed by atoms with E-state index < -0.39 is 0 Å². The first-order chi connectivity index (χ1) is 9.99. The van der Waals surface area contributed by atoms with Crippen LogP contribution >= 0.6 is 0 Å². The standard InChI is InChI=1S/C16H31N3O2/c1-5-17-15(20)11-19(6-2)13(4)16(21)18-14-10-8-7-9-12(14)3/h12-14H,5-11H2,1-4H3,(H,17,20)(H,18,21)/p+1/t12-,13+,14+/m0/s1. The summed E-state index contributed by atoms with van der Waals surface area (Å²) in [5.74, 6) is 0.651. The number of quaternary nitrogens is 1. The second-order valence-electron chi connectivity index (χ2n) is 6.24. The Bertz CT molecular complexity index is 346. The molecule has 0 heterocycles. The van der Waals surface area contributed by atoms with E-state index in [1.54, 1.807) is 0 Å². The van der Waals surface area contributed by atoms with Gasteiger partial charge in [-0.3, -0.25) is 9.59 Å². The molecule has 1 fully saturated rings. The molecule has 0 radical (unpaired) electrons. The van der Waals surface area contributed by atoms with Crippen molar-refractivity contribution >= 4 is 11.8 Å². The van der Waals surface area contributed by atoms with Gasteiger partial charge in [-0.2, -0.15) is 0 Å². The van der Waals surface area contributed by atoms with Gasteiger partial charge < -0.3 is 15.5 Å². The number of carbonyl (C=O) groups excluding carboxylic acids is 2. The molecule has 1 unspecified atom stereocenters. The minimum atomic E-state index is -0.188. The fourth-order valence-corrected chi connectivity index (χ4v) is 3.07. The maximum Gasteiger partial charge on any atom is 0.278 e. The van der Waals surface area contributed by atoms with Gasteiger partial charge in [0, 0.05) is 12.6 Å². The van der Waals surface area contributed by atoms with Crippen molar-refractivity contribution in [2.45, 2.75) is 65.5 Å². The maximum absolute atomic E-state index is 12.4. The molecule has 21 heavy (non-hydrogen) atoms. The van der Waals surface area contributed by atoms with E-state index in [0.717, 1.165) is 17.9 Å². The number of likely N-dealkylation sites (N-methyl/N-ethyl adjacent to an activating group) is 2. The van der Waals surface area contributed by atoms with Crippen LogP contribution in [0.25, 0.3) is 0 Å². The highest BCUT2D eigenvalue weighted by Gasteiger charge is 2.29. The highest BCUT2D eigenvalue weighted by molar-refractivity contribution is 5.81. The second kappa shape index (κ2) is 9.03. The van der Waals surface area contributed by atoms with Crippen LogP contribution in [-0.4, -0.2) is 43.5 Å². The van der Waals surface area contributed by atoms with Crippen molar-refractivity contribution in [2.24, 2.45) is 5.92 Å². The van der Waals surface area contributed by atoms with Crippen LogP contribution in [0.5, 0.6) is 0 Å². The molecule has 5 nitrogen and oxygen atoms in total. The van der Waals surface area contributed by atoms with Crippen molar-refractivity contribution in [3.8, 4) is 0 Å². The smallest absolute Gasteiger partial charge is 0.278 e. The molecule has 1 aliphatic carbocycles. The molecule has 3 N–H and O–H groups in total. The number of carbonyl (C=O) groups is 2. The molecule has 0 aromatic carbocycles. The summed E-state index contributed by atoms with van der Waals surface area (Å²) >= 11 is 0. The Balaban J connectivity index is 2.51. The summed E-state index contributed by atoms with van der Waals surface area (Å²) in [5.41, 5.74) is 0. The van der Waals surface area contributed by atoms with Crippen LogP contribution in [0.2, 0.25) is 0 Å². The van der Waals surface area contributed by atoms with Crippen LogP contribution in [0.3, 0.4) is 0 Å². The molecule has 0 bridgehead atoms. The van der Waals surface area contributed by atoms with Crippen LogP contribution in [0.4, 0.5) is 0 Å². The normalized spacial score (nSPS) is 25.0. The largest absolute Gasteiger partial charge is 0.351 e. The lowest BCUT2D eigenvalue weighted by Gasteiger charge is -2.31. The van der Waals surface area contributed by atoms with Crippen LogP contribution in [0, 0.1) is 5.92 Å². The SMILES string of the molecule is CCNC(=O)C[NH+](CC)[C@H](C)C(=O)N[C@@H]1CCCC[C@@H]1C. The van der Waals surface area contributed by atoms with Gasteiger partial charge >= 0.3 is 0 Å². The predicted molar refractivity (Wildman–Crippen MR) is 84.1 cm³/mol. The lowest BCUT2D eigenvalue weighted by molar-refractivity contribution is -0.904. The van der Waals surface area contributed by atoms with E-state index in [0.29, 0.717) is 25.0 Å². The molecular weight excluding hydrogens is 266 g/mol. The maximum atomic E-state index is 12.4. The molecule has 0 aromatic rings. The first-order valence-corrected chi connectivity index (χ1v) is 8.41. The molecule has 5 heteroatoms. The van der Waals surface area contributed by atoms with E-state index in [2.05, 4.69) is 17.6 Å². The van der Waals surface area contributed by atoms with Crippen molar-refractivity contribution in [1.29, 1.82) is 0 Å². The van der Waals surface area contributed by atoms with Gasteiger partial charge in [0.15, 0.2) is 12.6 Å². The van der Waals surface area contributed by atoms with E-state index >= 15 is 0 Å². The Morgan fingerprint density at radius 1 is 1.24 bits per heavy atom. The average molecular weight is 298 g/mol. The average Bonchev–Trinajstić information content (AvgIpc) is 2.46. The number of nitrogens with one attached hydrogen (secondary N) is 3. The zero-order valence-corrected chi connectivity index (χ0v) is 14.0. The van der Waals surface area contributed by atoms with Crippen molar-refractivity contribution < 1.29 is 14.5 Å². The van der Waals surface area contributed by atoms with Crippen molar-refractivity contribution in [3.05, 3.63) is 0 Å². The monoisotopic (exact) mass is 298 g/mol. The highest BCUT2D eigenvalue weighted by Crippen LogP contribution is 2.23. The van der Waals surface area contributed by atoms with Crippen LogP contribution in [-0.2, 0) is 9.59 Å². The molecule has 4 atom stereocenters. The van der Waals surface area contributed by atoms with E-state index in [4.69, 9.17) is 0 Å². The fraction of sp³-hybridized carbons (Fsp3) is 0.875. The van der Waals surface area contributed by atoms with E-state index in [9.17, 15) is 9.59 Å². The van der Waals surface area contributed by atoms with Crippen LogP contribution in [0.15, 0.2) is 0 Å². The molecule has 1 aliphatic rings. The number of hydrogen-bond donors (Lipinski definition) is 3. The summed E-state index contributed by atoms with van der Waals surface area (Å²) < 4.78 is 0. The van der Waals surface area contributed by atoms with Crippen LogP contribution in [0.1, 0.15) is 53.4 Å². The minimum Gasteiger partial charge on any atom is -0.351 e. The summed E-state index contributed by atoms with van der Waals surface area (Å²) in [6.07, 6.45) is 4.75. The van der Waals surface area contributed by atoms with E-state index in [1.165, 1.54) is 19.3 Å². The first kappa shape index (κ1) is 18.0. The minimum absolute atomic E-state index is 0.0139. The Labute approximate surface area is 128 Å². The van der Waals surface area contributed by atoms with Crippen molar-refractivity contribution in [1.82, 2.24) is 10.6 Å². The molecule has 1 rings (SSSR count). The Hall–Kier alpha value is -1.10. The molecule has 1 saturated carbocycles. The van der Waals surface area contributed by atoms with E-state index in [-0.39, 0.29) is 17.9 Å². The van der Waals surface area contributed by atoms with Gasteiger partial charge in [-0.25, -0.2) is 0 Å². The fourth-order valence-electron chi connectivity index (χ4n) is 3.07. The zero-order valence-electron chi connectivity index (χ0n) is 14.0. The lowest BCUT2D eigenvalue weighted by atomic mass is 9.86. The Morgan fingerprint density at radius 2 is 1.90 bits per heavy atom. The van der Waals surface area contributed by atoms with Gasteiger partial charge in [-0.1, -0.05) is 19.8 Å². The quantitative estimate of drug-likeness (QED) is 0.625. The topological polar surface area (TPSA) is 62.6 Å². The Morgan fingerprint density at radius 3 is 2.48 bits per heavy atom. The molecule has 0 aliphatic heterocycles. The lowest BCUT2D eigenvalue weighted by Crippen LogP contribution is -3.17. The molecular formula is C16H32N3O2+. The third kappa shape index (κ3) is 5.65. The summed E-state index contributed by atoms with van der Waals surface area (Å²) in [6, 6.07) is 0.114. The third-order valence-electron chi connectivity index (χ3n) is 4.66. The highest BCUT2D eigenvalue weighted by atomic mass is 16.2. The van der Waals surface area contributed by atoms with Gasteiger partial charge in [-0.15, -0.1) is 0 Å². The van der Waals surface area contributed by atoms with Crippen LogP contribution < -0.4 is 15.5 Å². The molecule has 2 amide bonds.